The van der Waals surface area contributed by atoms with Crippen LogP contribution in [-0.4, -0.2) is 38.3 Å². The average Bonchev–Trinajstić information content (AvgIpc) is 2.89. The third-order valence-electron chi connectivity index (χ3n) is 2.52. The first-order chi connectivity index (χ1) is 8.83. The normalized spacial score (nSPS) is 19.9. The molecule has 1 aliphatic heterocycles. The minimum Gasteiger partial charge on any atom is -0.506 e. The summed E-state index contributed by atoms with van der Waals surface area (Å²) in [5, 5.41) is 13.3. The minimum atomic E-state index is -0.119. The fourth-order valence-electron chi connectivity index (χ4n) is 1.66. The van der Waals surface area contributed by atoms with Crippen molar-refractivity contribution in [2.75, 3.05) is 18.1 Å². The van der Waals surface area contributed by atoms with Crippen LogP contribution >= 0.6 is 11.8 Å². The summed E-state index contributed by atoms with van der Waals surface area (Å²) in [4.78, 5) is 8.15. The van der Waals surface area contributed by atoms with E-state index in [2.05, 4.69) is 15.1 Å². The van der Waals surface area contributed by atoms with Crippen LogP contribution in [-0.2, 0) is 4.74 Å². The molecule has 1 fully saturated rings. The van der Waals surface area contributed by atoms with Crippen LogP contribution in [0.5, 0.6) is 5.75 Å². The largest absolute Gasteiger partial charge is 0.506 e. The van der Waals surface area contributed by atoms with E-state index in [0.717, 1.165) is 11.5 Å². The van der Waals surface area contributed by atoms with E-state index in [9.17, 15) is 5.11 Å². The van der Waals surface area contributed by atoms with Gasteiger partial charge in [-0.2, -0.15) is 16.7 Å². The van der Waals surface area contributed by atoms with E-state index in [0.29, 0.717) is 23.9 Å². The van der Waals surface area contributed by atoms with Gasteiger partial charge in [-0.1, -0.05) is 5.16 Å². The third-order valence-corrected chi connectivity index (χ3v) is 3.51. The van der Waals surface area contributed by atoms with Gasteiger partial charge < -0.3 is 14.4 Å². The molecule has 1 unspecified atom stereocenters. The van der Waals surface area contributed by atoms with E-state index in [1.54, 1.807) is 18.0 Å². The van der Waals surface area contributed by atoms with Crippen molar-refractivity contribution in [3.63, 3.8) is 0 Å². The summed E-state index contributed by atoms with van der Waals surface area (Å²) < 4.78 is 10.7. The van der Waals surface area contributed by atoms with Gasteiger partial charge in [0, 0.05) is 17.7 Å². The second kappa shape index (κ2) is 4.95. The van der Waals surface area contributed by atoms with Crippen molar-refractivity contribution in [2.45, 2.75) is 6.10 Å². The van der Waals surface area contributed by atoms with E-state index < -0.39 is 0 Å². The minimum absolute atomic E-state index is 0.0664. The number of ether oxygens (including phenoxy) is 1. The third kappa shape index (κ3) is 2.32. The predicted octanol–water partition coefficient (Wildman–Crippen LogP) is 1.64. The highest BCUT2D eigenvalue weighted by atomic mass is 32.2. The van der Waals surface area contributed by atoms with E-state index in [4.69, 9.17) is 9.26 Å². The van der Waals surface area contributed by atoms with Gasteiger partial charge in [0.15, 0.2) is 0 Å². The first kappa shape index (κ1) is 11.5. The van der Waals surface area contributed by atoms with Gasteiger partial charge in [0.1, 0.15) is 11.9 Å². The smallest absolute Gasteiger partial charge is 0.259 e. The van der Waals surface area contributed by atoms with Gasteiger partial charge in [0.25, 0.3) is 5.89 Å². The maximum atomic E-state index is 9.35. The van der Waals surface area contributed by atoms with Crippen LogP contribution in [0.15, 0.2) is 23.0 Å². The zero-order chi connectivity index (χ0) is 12.4. The Morgan fingerprint density at radius 2 is 2.33 bits per heavy atom. The van der Waals surface area contributed by atoms with E-state index >= 15 is 0 Å². The molecule has 2 aromatic heterocycles. The van der Waals surface area contributed by atoms with E-state index in [-0.39, 0.29) is 11.9 Å². The van der Waals surface area contributed by atoms with Crippen molar-refractivity contribution in [1.29, 1.82) is 0 Å². The summed E-state index contributed by atoms with van der Waals surface area (Å²) >= 11 is 1.81. The molecule has 7 heteroatoms. The summed E-state index contributed by atoms with van der Waals surface area (Å²) in [5.74, 6) is 2.78. The average molecular weight is 265 g/mol. The van der Waals surface area contributed by atoms with Crippen molar-refractivity contribution in [2.24, 2.45) is 0 Å². The Morgan fingerprint density at radius 3 is 3.11 bits per heavy atom. The molecular formula is C11H11N3O3S. The van der Waals surface area contributed by atoms with Gasteiger partial charge in [-0.3, -0.25) is 4.98 Å². The molecule has 0 bridgehead atoms. The first-order valence-corrected chi connectivity index (χ1v) is 6.66. The Hall–Kier alpha value is -1.60. The van der Waals surface area contributed by atoms with Crippen LogP contribution in [0.1, 0.15) is 11.9 Å². The lowest BCUT2D eigenvalue weighted by Gasteiger charge is -2.18. The molecule has 0 spiro atoms. The summed E-state index contributed by atoms with van der Waals surface area (Å²) in [5.41, 5.74) is 0.595. The Morgan fingerprint density at radius 1 is 1.39 bits per heavy atom. The van der Waals surface area contributed by atoms with Gasteiger partial charge in [-0.25, -0.2) is 0 Å². The number of aromatic hydroxyl groups is 1. The first-order valence-electron chi connectivity index (χ1n) is 5.50. The number of aromatic nitrogens is 3. The quantitative estimate of drug-likeness (QED) is 0.883. The predicted molar refractivity (Wildman–Crippen MR) is 65.2 cm³/mol. The number of thioether (sulfide) groups is 1. The van der Waals surface area contributed by atoms with Crippen molar-refractivity contribution in [3.05, 3.63) is 24.3 Å². The molecule has 1 N–H and O–H groups in total. The monoisotopic (exact) mass is 265 g/mol. The number of pyridine rings is 1. The molecule has 0 saturated carbocycles. The highest BCUT2D eigenvalue weighted by Gasteiger charge is 2.22. The zero-order valence-corrected chi connectivity index (χ0v) is 10.3. The Kier molecular flexibility index (Phi) is 3.16. The molecule has 0 aliphatic carbocycles. The lowest BCUT2D eigenvalue weighted by Crippen LogP contribution is -2.16. The molecule has 3 rings (SSSR count). The second-order valence-corrected chi connectivity index (χ2v) is 4.97. The molecular weight excluding hydrogens is 254 g/mol. The highest BCUT2D eigenvalue weighted by molar-refractivity contribution is 7.99. The van der Waals surface area contributed by atoms with Crippen LogP contribution in [0, 0.1) is 0 Å². The topological polar surface area (TPSA) is 81.3 Å². The molecule has 1 aliphatic rings. The Labute approximate surface area is 107 Å². The molecule has 3 heterocycles. The Balaban J connectivity index is 1.84. The maximum Gasteiger partial charge on any atom is 0.259 e. The van der Waals surface area contributed by atoms with Crippen LogP contribution < -0.4 is 0 Å². The van der Waals surface area contributed by atoms with E-state index in [1.807, 2.05) is 0 Å². The van der Waals surface area contributed by atoms with Gasteiger partial charge in [0.2, 0.25) is 5.82 Å². The molecule has 1 saturated heterocycles. The number of hydrogen-bond donors (Lipinski definition) is 1. The molecule has 0 aromatic carbocycles. The summed E-state index contributed by atoms with van der Waals surface area (Å²) in [6.45, 7) is 0.701. The van der Waals surface area contributed by atoms with Gasteiger partial charge in [-0.15, -0.1) is 0 Å². The van der Waals surface area contributed by atoms with Gasteiger partial charge >= 0.3 is 0 Å². The molecule has 18 heavy (non-hydrogen) atoms. The molecule has 1 atom stereocenters. The zero-order valence-electron chi connectivity index (χ0n) is 9.44. The van der Waals surface area contributed by atoms with Crippen LogP contribution in [0.3, 0.4) is 0 Å². The lowest BCUT2D eigenvalue weighted by atomic mass is 10.3. The van der Waals surface area contributed by atoms with E-state index in [1.165, 1.54) is 12.3 Å². The van der Waals surface area contributed by atoms with Gasteiger partial charge in [0.05, 0.1) is 18.4 Å². The fraction of sp³-hybridized carbons (Fsp3) is 0.364. The number of rotatable bonds is 2. The lowest BCUT2D eigenvalue weighted by molar-refractivity contribution is 0.0677. The van der Waals surface area contributed by atoms with Crippen molar-refractivity contribution >= 4 is 11.8 Å². The second-order valence-electron chi connectivity index (χ2n) is 3.82. The highest BCUT2D eigenvalue weighted by Crippen LogP contribution is 2.27. The Bertz CT molecular complexity index is 540. The molecule has 0 amide bonds. The SMILES string of the molecule is Oc1cncc(-c2nc(C3CSCCO3)no2)c1. The van der Waals surface area contributed by atoms with Gasteiger partial charge in [-0.05, 0) is 6.07 Å². The van der Waals surface area contributed by atoms with Crippen molar-refractivity contribution in [3.8, 4) is 17.2 Å². The van der Waals surface area contributed by atoms with Crippen LogP contribution in [0.2, 0.25) is 0 Å². The number of hydrogen-bond acceptors (Lipinski definition) is 7. The molecule has 2 aromatic rings. The maximum absolute atomic E-state index is 9.35. The van der Waals surface area contributed by atoms with Crippen molar-refractivity contribution < 1.29 is 14.4 Å². The molecule has 94 valence electrons. The summed E-state index contributed by atoms with van der Waals surface area (Å²) in [6, 6.07) is 1.53. The molecule has 6 nitrogen and oxygen atoms in total. The van der Waals surface area contributed by atoms with Crippen molar-refractivity contribution in [1.82, 2.24) is 15.1 Å². The number of nitrogens with zero attached hydrogens (tertiary/aromatic N) is 3. The summed E-state index contributed by atoms with van der Waals surface area (Å²) in [7, 11) is 0. The van der Waals surface area contributed by atoms with Crippen LogP contribution in [0.4, 0.5) is 0 Å². The molecule has 0 radical (unpaired) electrons. The van der Waals surface area contributed by atoms with Crippen LogP contribution in [0.25, 0.3) is 11.5 Å². The summed E-state index contributed by atoms with van der Waals surface area (Å²) in [6.07, 6.45) is 2.79. The standard InChI is InChI=1S/C11H11N3O3S/c15-8-3-7(4-12-5-8)11-13-10(14-17-11)9-6-18-2-1-16-9/h3-5,9,15H,1-2,6H2. The fourth-order valence-corrected chi connectivity index (χ4v) is 2.50.